The highest BCUT2D eigenvalue weighted by atomic mass is 32.2. The number of anilines is 7. The predicted molar refractivity (Wildman–Crippen MR) is 194 cm³/mol. The molecule has 0 aliphatic carbocycles. The van der Waals surface area contributed by atoms with Crippen LogP contribution in [-0.4, -0.2) is 19.9 Å². The van der Waals surface area contributed by atoms with Crippen LogP contribution in [0.1, 0.15) is 20.7 Å². The third-order valence-corrected chi connectivity index (χ3v) is 14.2. The van der Waals surface area contributed by atoms with E-state index in [1.165, 1.54) is 15.3 Å². The van der Waals surface area contributed by atoms with Crippen LogP contribution in [0.25, 0.3) is 0 Å². The Bertz CT molecular complexity index is 2170. The predicted octanol–water partition coefficient (Wildman–Crippen LogP) is 9.03. The molecule has 0 fully saturated rings. The highest BCUT2D eigenvalue weighted by Gasteiger charge is 2.40. The summed E-state index contributed by atoms with van der Waals surface area (Å²) in [4.78, 5) is 36.1. The Balaban J connectivity index is 1.33. The Kier molecular flexibility index (Phi) is 6.13. The molecule has 6 aromatic carbocycles. The summed E-state index contributed by atoms with van der Waals surface area (Å²) in [5.41, 5.74) is 7.50. The number of benzene rings is 6. The maximum Gasteiger partial charge on any atom is 0.266 e. The van der Waals surface area contributed by atoms with Gasteiger partial charge >= 0.3 is 0 Å². The van der Waals surface area contributed by atoms with Gasteiger partial charge in [-0.2, -0.15) is 0 Å². The molecule has 0 saturated heterocycles. The lowest BCUT2D eigenvalue weighted by Crippen LogP contribution is -2.58. The minimum Gasteiger partial charge on any atom is -0.311 e. The minimum absolute atomic E-state index is 0.309. The summed E-state index contributed by atoms with van der Waals surface area (Å²) in [6, 6.07) is 47.4. The molecule has 9 rings (SSSR count). The molecule has 0 N–H and O–H groups in total. The van der Waals surface area contributed by atoms with Crippen LogP contribution in [0.3, 0.4) is 0 Å². The second kappa shape index (κ2) is 10.3. The number of nitrogens with zero attached hydrogens (tertiary/aromatic N) is 3. The topological polar surface area (TPSA) is 43.9 Å². The fraction of sp³-hybridized carbons (Fsp3) is 0.0500. The molecule has 0 spiro atoms. The average molecular weight is 644 g/mol. The Labute approximate surface area is 278 Å². The molecular formula is C40H29N3O2SSi. The van der Waals surface area contributed by atoms with Crippen LogP contribution in [0.2, 0.25) is 13.1 Å². The molecular weight excluding hydrogens is 615 g/mol. The molecule has 0 radical (unpaired) electrons. The van der Waals surface area contributed by atoms with Gasteiger partial charge in [-0.3, -0.25) is 9.59 Å². The molecule has 47 heavy (non-hydrogen) atoms. The van der Waals surface area contributed by atoms with E-state index in [9.17, 15) is 9.59 Å². The number of hydrogen-bond donors (Lipinski definition) is 0. The number of carbonyl (C=O) groups is 2. The van der Waals surface area contributed by atoms with Crippen LogP contribution in [0.5, 0.6) is 0 Å². The Morgan fingerprint density at radius 1 is 0.447 bits per heavy atom. The third kappa shape index (κ3) is 4.10. The molecule has 0 unspecified atom stereocenters. The fourth-order valence-electron chi connectivity index (χ4n) is 7.32. The Morgan fingerprint density at radius 2 is 0.809 bits per heavy atom. The lowest BCUT2D eigenvalue weighted by Gasteiger charge is -2.41. The number of imide groups is 1. The summed E-state index contributed by atoms with van der Waals surface area (Å²) in [5, 5.41) is 2.69. The van der Waals surface area contributed by atoms with E-state index in [1.807, 2.05) is 24.3 Å². The molecule has 0 bridgehead atoms. The van der Waals surface area contributed by atoms with E-state index in [0.717, 1.165) is 43.9 Å². The summed E-state index contributed by atoms with van der Waals surface area (Å²) in [6.45, 7) is 4.81. The monoisotopic (exact) mass is 643 g/mol. The number of para-hydroxylation sites is 4. The van der Waals surface area contributed by atoms with Crippen molar-refractivity contribution in [1.29, 1.82) is 0 Å². The van der Waals surface area contributed by atoms with Crippen molar-refractivity contribution in [2.24, 2.45) is 0 Å². The zero-order valence-corrected chi connectivity index (χ0v) is 27.7. The van der Waals surface area contributed by atoms with Gasteiger partial charge in [0.05, 0.1) is 39.6 Å². The van der Waals surface area contributed by atoms with Crippen molar-refractivity contribution < 1.29 is 9.59 Å². The third-order valence-electron chi connectivity index (χ3n) is 9.52. The maximum atomic E-state index is 13.9. The molecule has 2 amide bonds. The van der Waals surface area contributed by atoms with Gasteiger partial charge in [-0.05, 0) is 77.1 Å². The SMILES string of the molecule is C[Si]1(C)c2ccccc2N(c2cc(N3C(=O)c4ccccc4C3=O)cc(N3c4ccccc4Sc4ccccc43)c2)c2ccccc21. The molecule has 0 atom stereocenters. The number of hydrogen-bond acceptors (Lipinski definition) is 5. The van der Waals surface area contributed by atoms with Gasteiger partial charge in [0.2, 0.25) is 0 Å². The van der Waals surface area contributed by atoms with E-state index in [4.69, 9.17) is 0 Å². The molecule has 0 saturated carbocycles. The average Bonchev–Trinajstić information content (AvgIpc) is 3.36. The normalized spacial score (nSPS) is 15.5. The fourth-order valence-corrected chi connectivity index (χ4v) is 11.4. The first kappa shape index (κ1) is 27.9. The van der Waals surface area contributed by atoms with Crippen LogP contribution >= 0.6 is 11.8 Å². The van der Waals surface area contributed by atoms with E-state index in [-0.39, 0.29) is 11.8 Å². The van der Waals surface area contributed by atoms with Gasteiger partial charge in [0, 0.05) is 21.2 Å². The highest BCUT2D eigenvalue weighted by molar-refractivity contribution is 7.99. The number of rotatable bonds is 3. The second-order valence-corrected chi connectivity index (χ2v) is 18.0. The van der Waals surface area contributed by atoms with Gasteiger partial charge in [-0.15, -0.1) is 0 Å². The van der Waals surface area contributed by atoms with Gasteiger partial charge in [0.25, 0.3) is 11.8 Å². The molecule has 0 aromatic heterocycles. The first-order valence-corrected chi connectivity index (χ1v) is 19.5. The molecule has 7 heteroatoms. The lowest BCUT2D eigenvalue weighted by atomic mass is 10.1. The van der Waals surface area contributed by atoms with Crippen molar-refractivity contribution in [3.63, 3.8) is 0 Å². The van der Waals surface area contributed by atoms with Crippen LogP contribution in [-0.2, 0) is 0 Å². The first-order chi connectivity index (χ1) is 22.9. The van der Waals surface area contributed by atoms with Crippen molar-refractivity contribution in [3.8, 4) is 0 Å². The molecule has 3 aliphatic rings. The Hall–Kier alpha value is -5.37. The zero-order chi connectivity index (χ0) is 31.9. The maximum absolute atomic E-state index is 13.9. The molecule has 3 heterocycles. The minimum atomic E-state index is -2.02. The largest absolute Gasteiger partial charge is 0.311 e. The van der Waals surface area contributed by atoms with Crippen LogP contribution in [0.4, 0.5) is 39.8 Å². The second-order valence-electron chi connectivity index (χ2n) is 12.6. The van der Waals surface area contributed by atoms with Gasteiger partial charge in [-0.1, -0.05) is 97.7 Å². The van der Waals surface area contributed by atoms with Gasteiger partial charge < -0.3 is 9.80 Å². The van der Waals surface area contributed by atoms with E-state index in [0.29, 0.717) is 16.8 Å². The summed E-state index contributed by atoms with van der Waals surface area (Å²) in [5.74, 6) is -0.617. The molecule has 3 aliphatic heterocycles. The summed E-state index contributed by atoms with van der Waals surface area (Å²) in [7, 11) is -2.02. The van der Waals surface area contributed by atoms with Gasteiger partial charge in [-0.25, -0.2) is 4.90 Å². The van der Waals surface area contributed by atoms with Crippen molar-refractivity contribution >= 4 is 81.8 Å². The van der Waals surface area contributed by atoms with E-state index >= 15 is 0 Å². The van der Waals surface area contributed by atoms with Gasteiger partial charge in [0.1, 0.15) is 8.07 Å². The van der Waals surface area contributed by atoms with E-state index in [1.54, 1.807) is 23.9 Å². The zero-order valence-electron chi connectivity index (χ0n) is 25.8. The van der Waals surface area contributed by atoms with Crippen LogP contribution < -0.4 is 25.1 Å². The smallest absolute Gasteiger partial charge is 0.266 e. The van der Waals surface area contributed by atoms with Crippen LogP contribution in [0.15, 0.2) is 149 Å². The molecule has 5 nitrogen and oxygen atoms in total. The summed E-state index contributed by atoms with van der Waals surface area (Å²) in [6.07, 6.45) is 0. The number of carbonyl (C=O) groups excluding carboxylic acids is 2. The van der Waals surface area contributed by atoms with Crippen LogP contribution in [0, 0.1) is 0 Å². The van der Waals surface area contributed by atoms with Crippen molar-refractivity contribution in [2.45, 2.75) is 22.9 Å². The lowest BCUT2D eigenvalue weighted by molar-refractivity contribution is 0.0926. The molecule has 6 aromatic rings. The summed E-state index contributed by atoms with van der Waals surface area (Å²) < 4.78 is 0. The Morgan fingerprint density at radius 3 is 1.30 bits per heavy atom. The van der Waals surface area contributed by atoms with Gasteiger partial charge in [0.15, 0.2) is 0 Å². The standard InChI is InChI=1S/C40H29N3O2SSi/c1-47(2)37-21-11-7-17-33(37)42(34-18-8-12-22-38(34)47)27-23-26(24-28(25-27)43-39(44)29-13-3-4-14-30(29)40(43)45)41-31-15-5-9-19-35(31)46-36-20-10-6-16-32(36)41/h3-25H,1-2H3. The van der Waals surface area contributed by atoms with Crippen molar-refractivity contribution in [1.82, 2.24) is 0 Å². The van der Waals surface area contributed by atoms with Crippen molar-refractivity contribution in [2.75, 3.05) is 14.7 Å². The van der Waals surface area contributed by atoms with Crippen molar-refractivity contribution in [3.05, 3.63) is 151 Å². The summed E-state index contributed by atoms with van der Waals surface area (Å²) >= 11 is 1.75. The first-order valence-electron chi connectivity index (χ1n) is 15.7. The number of amides is 2. The quantitative estimate of drug-likeness (QED) is 0.142. The van der Waals surface area contributed by atoms with E-state index < -0.39 is 8.07 Å². The number of fused-ring (bicyclic) bond motifs is 5. The van der Waals surface area contributed by atoms with E-state index in [2.05, 4.69) is 126 Å². The highest BCUT2D eigenvalue weighted by Crippen LogP contribution is 2.53. The molecule has 226 valence electrons.